The van der Waals surface area contributed by atoms with Crippen molar-refractivity contribution in [3.8, 4) is 0 Å². The van der Waals surface area contributed by atoms with Crippen LogP contribution in [0, 0.1) is 0 Å². The van der Waals surface area contributed by atoms with Crippen molar-refractivity contribution in [2.75, 3.05) is 33.3 Å². The highest BCUT2D eigenvalue weighted by Crippen LogP contribution is 2.16. The van der Waals surface area contributed by atoms with Crippen molar-refractivity contribution in [1.29, 1.82) is 0 Å². The van der Waals surface area contributed by atoms with Crippen molar-refractivity contribution >= 4 is 5.91 Å². The molecule has 0 unspecified atom stereocenters. The monoisotopic (exact) mass is 257 g/mol. The van der Waals surface area contributed by atoms with Crippen LogP contribution in [0.1, 0.15) is 32.6 Å². The molecule has 0 spiro atoms. The summed E-state index contributed by atoms with van der Waals surface area (Å²) in [7, 11) is 2.09. The first kappa shape index (κ1) is 15.4. The van der Waals surface area contributed by atoms with E-state index >= 15 is 0 Å². The van der Waals surface area contributed by atoms with Crippen molar-refractivity contribution in [1.82, 2.24) is 9.80 Å². The van der Waals surface area contributed by atoms with Crippen LogP contribution in [0.2, 0.25) is 0 Å². The van der Waals surface area contributed by atoms with Gasteiger partial charge in [-0.05, 0) is 39.4 Å². The Labute approximate surface area is 110 Å². The summed E-state index contributed by atoms with van der Waals surface area (Å²) in [6.45, 7) is 4.45. The Balaban J connectivity index is 2.60. The van der Waals surface area contributed by atoms with E-state index in [0.717, 1.165) is 32.4 Å². The van der Waals surface area contributed by atoms with Crippen molar-refractivity contribution in [2.45, 2.75) is 44.7 Å². The van der Waals surface area contributed by atoms with E-state index in [4.69, 9.17) is 10.8 Å². The Hall–Kier alpha value is -0.650. The van der Waals surface area contributed by atoms with E-state index in [9.17, 15) is 4.79 Å². The molecule has 1 saturated heterocycles. The highest BCUT2D eigenvalue weighted by atomic mass is 16.3. The van der Waals surface area contributed by atoms with E-state index in [-0.39, 0.29) is 18.6 Å². The third kappa shape index (κ3) is 4.23. The van der Waals surface area contributed by atoms with Gasteiger partial charge in [0.1, 0.15) is 0 Å². The number of hydrogen-bond acceptors (Lipinski definition) is 4. The van der Waals surface area contributed by atoms with Gasteiger partial charge in [-0.25, -0.2) is 0 Å². The largest absolute Gasteiger partial charge is 0.395 e. The van der Waals surface area contributed by atoms with Gasteiger partial charge in [0.15, 0.2) is 0 Å². The zero-order chi connectivity index (χ0) is 13.5. The van der Waals surface area contributed by atoms with Gasteiger partial charge >= 0.3 is 0 Å². The SMILES string of the molecule is CCC[C@H](N)C(=O)N(CCO)C1CCN(C)CC1. The molecule has 18 heavy (non-hydrogen) atoms. The third-order valence-electron chi connectivity index (χ3n) is 3.67. The van der Waals surface area contributed by atoms with Gasteiger partial charge in [0.05, 0.1) is 12.6 Å². The number of aliphatic hydroxyl groups excluding tert-OH is 1. The summed E-state index contributed by atoms with van der Waals surface area (Å²) in [5.74, 6) is 0.000420. The number of nitrogens with two attached hydrogens (primary N) is 1. The summed E-state index contributed by atoms with van der Waals surface area (Å²) < 4.78 is 0. The summed E-state index contributed by atoms with van der Waals surface area (Å²) in [5, 5.41) is 9.13. The highest BCUT2D eigenvalue weighted by molar-refractivity contribution is 5.82. The zero-order valence-corrected chi connectivity index (χ0v) is 11.6. The lowest BCUT2D eigenvalue weighted by Crippen LogP contribution is -2.52. The summed E-state index contributed by atoms with van der Waals surface area (Å²) in [6, 6.07) is -0.176. The summed E-state index contributed by atoms with van der Waals surface area (Å²) in [6.07, 6.45) is 3.57. The van der Waals surface area contributed by atoms with Crippen LogP contribution in [0.4, 0.5) is 0 Å². The molecule has 0 aliphatic carbocycles. The lowest BCUT2D eigenvalue weighted by Gasteiger charge is -2.38. The number of likely N-dealkylation sites (tertiary alicyclic amines) is 1. The predicted molar refractivity (Wildman–Crippen MR) is 72.2 cm³/mol. The Morgan fingerprint density at radius 3 is 2.61 bits per heavy atom. The smallest absolute Gasteiger partial charge is 0.239 e. The van der Waals surface area contributed by atoms with Gasteiger partial charge < -0.3 is 20.6 Å². The maximum absolute atomic E-state index is 12.3. The zero-order valence-electron chi connectivity index (χ0n) is 11.6. The van der Waals surface area contributed by atoms with Crippen molar-refractivity contribution < 1.29 is 9.90 Å². The topological polar surface area (TPSA) is 69.8 Å². The second-order valence-electron chi connectivity index (χ2n) is 5.18. The molecule has 5 heteroatoms. The lowest BCUT2D eigenvalue weighted by molar-refractivity contribution is -0.136. The molecule has 0 radical (unpaired) electrons. The summed E-state index contributed by atoms with van der Waals surface area (Å²) >= 11 is 0. The fourth-order valence-corrected chi connectivity index (χ4v) is 2.53. The van der Waals surface area contributed by atoms with Gasteiger partial charge in [0, 0.05) is 12.6 Å². The van der Waals surface area contributed by atoms with E-state index in [1.54, 1.807) is 4.90 Å². The molecule has 1 aliphatic rings. The first-order valence-electron chi connectivity index (χ1n) is 6.95. The van der Waals surface area contributed by atoms with Gasteiger partial charge in [-0.2, -0.15) is 0 Å². The van der Waals surface area contributed by atoms with E-state index in [2.05, 4.69) is 11.9 Å². The molecule has 0 aromatic rings. The number of rotatable bonds is 6. The number of hydrogen-bond donors (Lipinski definition) is 2. The van der Waals surface area contributed by atoms with Gasteiger partial charge in [0.25, 0.3) is 0 Å². The molecule has 1 fully saturated rings. The molecule has 1 rings (SSSR count). The number of carbonyl (C=O) groups is 1. The first-order chi connectivity index (χ1) is 8.60. The predicted octanol–water partition coefficient (Wildman–Crippen LogP) is 0.0289. The average Bonchev–Trinajstić information content (AvgIpc) is 2.37. The molecule has 1 aliphatic heterocycles. The van der Waals surface area contributed by atoms with Crippen LogP contribution in [0.3, 0.4) is 0 Å². The van der Waals surface area contributed by atoms with Crippen LogP contribution >= 0.6 is 0 Å². The molecule has 106 valence electrons. The Bertz CT molecular complexity index is 253. The normalized spacial score (nSPS) is 19.8. The lowest BCUT2D eigenvalue weighted by atomic mass is 10.0. The molecule has 1 atom stereocenters. The number of carbonyl (C=O) groups excluding carboxylic acids is 1. The van der Waals surface area contributed by atoms with Crippen LogP contribution in [0.5, 0.6) is 0 Å². The Morgan fingerprint density at radius 1 is 1.50 bits per heavy atom. The first-order valence-corrected chi connectivity index (χ1v) is 6.95. The quantitative estimate of drug-likeness (QED) is 0.704. The molecule has 0 aromatic carbocycles. The van der Waals surface area contributed by atoms with E-state index in [1.807, 2.05) is 6.92 Å². The summed E-state index contributed by atoms with van der Waals surface area (Å²) in [5.41, 5.74) is 5.91. The van der Waals surface area contributed by atoms with Crippen molar-refractivity contribution in [3.63, 3.8) is 0 Å². The van der Waals surface area contributed by atoms with E-state index in [1.165, 1.54) is 0 Å². The average molecular weight is 257 g/mol. The van der Waals surface area contributed by atoms with Crippen LogP contribution in [0.25, 0.3) is 0 Å². The van der Waals surface area contributed by atoms with E-state index < -0.39 is 6.04 Å². The van der Waals surface area contributed by atoms with Crippen LogP contribution < -0.4 is 5.73 Å². The molecular weight excluding hydrogens is 230 g/mol. The van der Waals surface area contributed by atoms with E-state index in [0.29, 0.717) is 13.0 Å². The Kier molecular flexibility index (Phi) is 6.60. The maximum atomic E-state index is 12.3. The number of piperidine rings is 1. The fraction of sp³-hybridized carbons (Fsp3) is 0.923. The highest BCUT2D eigenvalue weighted by Gasteiger charge is 2.29. The third-order valence-corrected chi connectivity index (χ3v) is 3.67. The summed E-state index contributed by atoms with van der Waals surface area (Å²) in [4.78, 5) is 16.3. The van der Waals surface area contributed by atoms with Gasteiger partial charge in [0.2, 0.25) is 5.91 Å². The molecule has 1 amide bonds. The van der Waals surface area contributed by atoms with Crippen molar-refractivity contribution in [3.05, 3.63) is 0 Å². The Morgan fingerprint density at radius 2 is 2.11 bits per heavy atom. The second kappa shape index (κ2) is 7.71. The van der Waals surface area contributed by atoms with Crippen LogP contribution in [-0.4, -0.2) is 66.2 Å². The minimum atomic E-state index is -0.416. The molecule has 0 bridgehead atoms. The van der Waals surface area contributed by atoms with Gasteiger partial charge in [-0.1, -0.05) is 13.3 Å². The minimum Gasteiger partial charge on any atom is -0.395 e. The maximum Gasteiger partial charge on any atom is 0.239 e. The van der Waals surface area contributed by atoms with Crippen LogP contribution in [-0.2, 0) is 4.79 Å². The van der Waals surface area contributed by atoms with Crippen LogP contribution in [0.15, 0.2) is 0 Å². The second-order valence-corrected chi connectivity index (χ2v) is 5.18. The number of amides is 1. The van der Waals surface area contributed by atoms with Crippen molar-refractivity contribution in [2.24, 2.45) is 5.73 Å². The molecule has 3 N–H and O–H groups in total. The van der Waals surface area contributed by atoms with Gasteiger partial charge in [-0.15, -0.1) is 0 Å². The molecular formula is C13H27N3O2. The fourth-order valence-electron chi connectivity index (χ4n) is 2.53. The van der Waals surface area contributed by atoms with Gasteiger partial charge in [-0.3, -0.25) is 4.79 Å². The number of nitrogens with zero attached hydrogens (tertiary/aromatic N) is 2. The molecule has 5 nitrogen and oxygen atoms in total. The molecule has 1 heterocycles. The standard InChI is InChI=1S/C13H27N3O2/c1-3-4-12(14)13(18)16(9-10-17)11-5-7-15(2)8-6-11/h11-12,17H,3-10,14H2,1-2H3/t12-/m0/s1. The molecule has 0 aromatic heterocycles. The minimum absolute atomic E-state index is 0.000420. The molecule has 0 saturated carbocycles. The number of aliphatic hydroxyl groups is 1.